The van der Waals surface area contributed by atoms with Crippen molar-refractivity contribution in [1.82, 2.24) is 4.98 Å². The van der Waals surface area contributed by atoms with Crippen LogP contribution in [0.3, 0.4) is 0 Å². The van der Waals surface area contributed by atoms with Gasteiger partial charge in [-0.3, -0.25) is 0 Å². The van der Waals surface area contributed by atoms with Crippen molar-refractivity contribution >= 4 is 11.8 Å². The molecule has 3 nitrogen and oxygen atoms in total. The van der Waals surface area contributed by atoms with Crippen LogP contribution in [0.4, 0.5) is 0 Å². The second-order valence-electron chi connectivity index (χ2n) is 2.33. The van der Waals surface area contributed by atoms with Crippen LogP contribution in [0, 0.1) is 18.8 Å². The molecule has 0 bridgehead atoms. The summed E-state index contributed by atoms with van der Waals surface area (Å²) in [4.78, 5) is 4.13. The van der Waals surface area contributed by atoms with Crippen molar-refractivity contribution in [1.29, 1.82) is 0 Å². The molecule has 0 N–H and O–H groups in total. The van der Waals surface area contributed by atoms with Crippen molar-refractivity contribution in [3.05, 3.63) is 12.0 Å². The number of hydrogen-bond acceptors (Lipinski definition) is 4. The lowest BCUT2D eigenvalue weighted by Gasteiger charge is -1.86. The van der Waals surface area contributed by atoms with Gasteiger partial charge in [-0.05, 0) is 6.92 Å². The van der Waals surface area contributed by atoms with E-state index in [9.17, 15) is 0 Å². The zero-order valence-corrected chi connectivity index (χ0v) is 8.48. The molecule has 0 aliphatic carbocycles. The fraction of sp³-hybridized carbons (Fsp3) is 0.444. The second kappa shape index (κ2) is 5.68. The third-order valence-electron chi connectivity index (χ3n) is 1.21. The first-order valence-electron chi connectivity index (χ1n) is 3.82. The molecule has 0 atom stereocenters. The van der Waals surface area contributed by atoms with Crippen LogP contribution in [0.25, 0.3) is 0 Å². The quantitative estimate of drug-likeness (QED) is 0.546. The summed E-state index contributed by atoms with van der Waals surface area (Å²) in [5.41, 5.74) is 0.896. The predicted octanol–water partition coefficient (Wildman–Crippen LogP) is 1.72. The van der Waals surface area contributed by atoms with Crippen LogP contribution in [0.15, 0.2) is 15.9 Å². The van der Waals surface area contributed by atoms with Gasteiger partial charge in [0.15, 0.2) is 0 Å². The van der Waals surface area contributed by atoms with Crippen LogP contribution >= 0.6 is 11.8 Å². The fourth-order valence-electron chi connectivity index (χ4n) is 0.671. The standard InChI is InChI=1S/C9H11NO2S/c1-8-7-12-9(10-8)13-6-4-3-5-11-2/h7H,5-6H2,1-2H3. The summed E-state index contributed by atoms with van der Waals surface area (Å²) in [6, 6.07) is 0. The van der Waals surface area contributed by atoms with Gasteiger partial charge in [-0.15, -0.1) is 0 Å². The van der Waals surface area contributed by atoms with E-state index in [2.05, 4.69) is 16.8 Å². The highest BCUT2D eigenvalue weighted by Crippen LogP contribution is 2.15. The van der Waals surface area contributed by atoms with Gasteiger partial charge in [-0.1, -0.05) is 23.6 Å². The molecule has 0 saturated carbocycles. The maximum Gasteiger partial charge on any atom is 0.256 e. The third-order valence-corrected chi connectivity index (χ3v) is 1.93. The van der Waals surface area contributed by atoms with E-state index in [4.69, 9.17) is 9.15 Å². The van der Waals surface area contributed by atoms with Crippen LogP contribution in [-0.2, 0) is 4.74 Å². The molecule has 0 spiro atoms. The zero-order valence-electron chi connectivity index (χ0n) is 7.66. The SMILES string of the molecule is COCC#CCSc1nc(C)co1. The summed E-state index contributed by atoms with van der Waals surface area (Å²) in [6.45, 7) is 2.37. The number of nitrogens with zero attached hydrogens (tertiary/aromatic N) is 1. The second-order valence-corrected chi connectivity index (χ2v) is 3.26. The smallest absolute Gasteiger partial charge is 0.256 e. The van der Waals surface area contributed by atoms with Gasteiger partial charge in [0.05, 0.1) is 11.4 Å². The maximum atomic E-state index is 5.12. The van der Waals surface area contributed by atoms with Crippen molar-refractivity contribution in [3.63, 3.8) is 0 Å². The number of rotatable bonds is 3. The summed E-state index contributed by atoms with van der Waals surface area (Å²) in [5, 5.41) is 0.671. The molecule has 0 aliphatic heterocycles. The summed E-state index contributed by atoms with van der Waals surface area (Å²) in [7, 11) is 1.62. The average Bonchev–Trinajstić information content (AvgIpc) is 2.51. The highest BCUT2D eigenvalue weighted by atomic mass is 32.2. The van der Waals surface area contributed by atoms with Gasteiger partial charge in [0.1, 0.15) is 12.9 Å². The molecule has 0 aliphatic rings. The molecule has 4 heteroatoms. The molecule has 70 valence electrons. The van der Waals surface area contributed by atoms with Crippen molar-refractivity contribution in [2.75, 3.05) is 19.5 Å². The molecule has 0 amide bonds. The number of aromatic nitrogens is 1. The Kier molecular flexibility index (Phi) is 4.44. The molecule has 13 heavy (non-hydrogen) atoms. The van der Waals surface area contributed by atoms with Gasteiger partial charge < -0.3 is 9.15 Å². The van der Waals surface area contributed by atoms with Crippen molar-refractivity contribution in [2.24, 2.45) is 0 Å². The predicted molar refractivity (Wildman–Crippen MR) is 51.6 cm³/mol. The van der Waals surface area contributed by atoms with Crippen LogP contribution < -0.4 is 0 Å². The Morgan fingerprint density at radius 1 is 1.62 bits per heavy atom. The van der Waals surface area contributed by atoms with Gasteiger partial charge in [0, 0.05) is 7.11 Å². The molecule has 0 saturated heterocycles. The lowest BCUT2D eigenvalue weighted by Crippen LogP contribution is -1.82. The van der Waals surface area contributed by atoms with Gasteiger partial charge in [0.25, 0.3) is 5.22 Å². The van der Waals surface area contributed by atoms with Gasteiger partial charge in [-0.25, -0.2) is 4.98 Å². The average molecular weight is 197 g/mol. The Morgan fingerprint density at radius 2 is 2.46 bits per heavy atom. The first-order chi connectivity index (χ1) is 6.33. The molecule has 1 aromatic rings. The van der Waals surface area contributed by atoms with Crippen LogP contribution in [0.5, 0.6) is 0 Å². The lowest BCUT2D eigenvalue weighted by molar-refractivity contribution is 0.240. The van der Waals surface area contributed by atoms with E-state index >= 15 is 0 Å². The van der Waals surface area contributed by atoms with Crippen molar-refractivity contribution in [3.8, 4) is 11.8 Å². The Balaban J connectivity index is 2.24. The normalized spacial score (nSPS) is 9.38. The zero-order chi connectivity index (χ0) is 9.52. The Hall–Kier alpha value is -0.920. The third kappa shape index (κ3) is 4.02. The molecule has 0 unspecified atom stereocenters. The van der Waals surface area contributed by atoms with Crippen molar-refractivity contribution < 1.29 is 9.15 Å². The summed E-state index contributed by atoms with van der Waals surface area (Å²) in [5.74, 6) is 6.47. The van der Waals surface area contributed by atoms with E-state index in [0.29, 0.717) is 17.6 Å². The Labute approximate surface area is 81.9 Å². The highest BCUT2D eigenvalue weighted by molar-refractivity contribution is 7.99. The molecule has 1 rings (SSSR count). The summed E-state index contributed by atoms with van der Waals surface area (Å²) >= 11 is 1.48. The van der Waals surface area contributed by atoms with Gasteiger partial charge in [-0.2, -0.15) is 0 Å². The number of methoxy groups -OCH3 is 1. The lowest BCUT2D eigenvalue weighted by atomic mass is 10.6. The van der Waals surface area contributed by atoms with Crippen LogP contribution in [0.2, 0.25) is 0 Å². The molecule has 1 aromatic heterocycles. The number of oxazole rings is 1. The minimum atomic E-state index is 0.477. The monoisotopic (exact) mass is 197 g/mol. The fourth-order valence-corrected chi connectivity index (χ4v) is 1.29. The summed E-state index contributed by atoms with van der Waals surface area (Å²) < 4.78 is 9.90. The minimum Gasteiger partial charge on any atom is -0.440 e. The molecule has 0 fully saturated rings. The Morgan fingerprint density at radius 3 is 3.08 bits per heavy atom. The first-order valence-corrected chi connectivity index (χ1v) is 4.81. The molecule has 0 aromatic carbocycles. The first kappa shape index (κ1) is 10.2. The van der Waals surface area contributed by atoms with Crippen LogP contribution in [0.1, 0.15) is 5.69 Å². The topological polar surface area (TPSA) is 35.3 Å². The number of aryl methyl sites for hydroxylation is 1. The number of hydrogen-bond donors (Lipinski definition) is 0. The van der Waals surface area contributed by atoms with E-state index in [1.54, 1.807) is 13.4 Å². The number of ether oxygens (including phenoxy) is 1. The number of thioether (sulfide) groups is 1. The molecule has 0 radical (unpaired) electrons. The van der Waals surface area contributed by atoms with Gasteiger partial charge >= 0.3 is 0 Å². The minimum absolute atomic E-state index is 0.477. The van der Waals surface area contributed by atoms with E-state index in [0.717, 1.165) is 5.69 Å². The Bertz CT molecular complexity index is 311. The van der Waals surface area contributed by atoms with E-state index in [1.807, 2.05) is 6.92 Å². The molecule has 1 heterocycles. The van der Waals surface area contributed by atoms with E-state index in [1.165, 1.54) is 11.8 Å². The highest BCUT2D eigenvalue weighted by Gasteiger charge is 1.98. The molecular weight excluding hydrogens is 186 g/mol. The largest absolute Gasteiger partial charge is 0.440 e. The van der Waals surface area contributed by atoms with E-state index < -0.39 is 0 Å². The van der Waals surface area contributed by atoms with Crippen molar-refractivity contribution in [2.45, 2.75) is 12.1 Å². The summed E-state index contributed by atoms with van der Waals surface area (Å²) in [6.07, 6.45) is 1.63. The van der Waals surface area contributed by atoms with Crippen LogP contribution in [-0.4, -0.2) is 24.5 Å². The maximum absolute atomic E-state index is 5.12. The van der Waals surface area contributed by atoms with E-state index in [-0.39, 0.29) is 0 Å². The van der Waals surface area contributed by atoms with Gasteiger partial charge in [0.2, 0.25) is 0 Å². The molecular formula is C9H11NO2S.